The van der Waals surface area contributed by atoms with Crippen LogP contribution in [0, 0.1) is 11.3 Å². The minimum Gasteiger partial charge on any atom is -0.377 e. The highest BCUT2D eigenvalue weighted by atomic mass is 16.5. The van der Waals surface area contributed by atoms with Crippen LogP contribution < -0.4 is 0 Å². The van der Waals surface area contributed by atoms with Crippen LogP contribution in [0.25, 0.3) is 0 Å². The summed E-state index contributed by atoms with van der Waals surface area (Å²) < 4.78 is 5.32. The fourth-order valence-electron chi connectivity index (χ4n) is 0.956. The molecule has 0 aromatic rings. The molecule has 1 nitrogen and oxygen atoms in total. The third-order valence-electron chi connectivity index (χ3n) is 1.72. The fraction of sp³-hybridized carbons (Fsp3) is 0.818. The van der Waals surface area contributed by atoms with Crippen molar-refractivity contribution >= 4 is 0 Å². The van der Waals surface area contributed by atoms with E-state index in [4.69, 9.17) is 4.74 Å². The van der Waals surface area contributed by atoms with Crippen LogP contribution >= 0.6 is 0 Å². The van der Waals surface area contributed by atoms with Gasteiger partial charge in [-0.05, 0) is 11.3 Å². The Morgan fingerprint density at radius 2 is 1.67 bits per heavy atom. The first kappa shape index (κ1) is 11.7. The molecule has 1 heteroatoms. The van der Waals surface area contributed by atoms with Crippen LogP contribution in [0.5, 0.6) is 0 Å². The molecular formula is C11H22O. The summed E-state index contributed by atoms with van der Waals surface area (Å²) in [7, 11) is 1.76. The zero-order valence-corrected chi connectivity index (χ0v) is 9.22. The number of ether oxygens (including phenoxy) is 1. The molecule has 0 heterocycles. The van der Waals surface area contributed by atoms with Crippen molar-refractivity contribution in [2.24, 2.45) is 11.3 Å². The Labute approximate surface area is 76.8 Å². The Morgan fingerprint density at radius 1 is 1.17 bits per heavy atom. The molecule has 0 unspecified atom stereocenters. The standard InChI is InChI=1S/C11H22O/c1-9(2)10(12-6)7-8-11(3,4)5/h7-10H,1-6H3/t10-/m1/s1. The van der Waals surface area contributed by atoms with Crippen LogP contribution in [0.4, 0.5) is 0 Å². The van der Waals surface area contributed by atoms with Gasteiger partial charge in [-0.2, -0.15) is 0 Å². The van der Waals surface area contributed by atoms with Crippen LogP contribution in [0.2, 0.25) is 0 Å². The van der Waals surface area contributed by atoms with Crippen LogP contribution in [0.15, 0.2) is 12.2 Å². The smallest absolute Gasteiger partial charge is 0.0775 e. The zero-order valence-electron chi connectivity index (χ0n) is 9.22. The SMILES string of the molecule is CO[C@H](C=CC(C)(C)C)C(C)C. The Hall–Kier alpha value is -0.300. The van der Waals surface area contributed by atoms with Gasteiger partial charge in [0.25, 0.3) is 0 Å². The van der Waals surface area contributed by atoms with Crippen LogP contribution in [0.3, 0.4) is 0 Å². The highest BCUT2D eigenvalue weighted by Crippen LogP contribution is 2.17. The second-order valence-corrected chi connectivity index (χ2v) is 4.67. The van der Waals surface area contributed by atoms with Gasteiger partial charge in [-0.15, -0.1) is 0 Å². The summed E-state index contributed by atoms with van der Waals surface area (Å²) in [6.07, 6.45) is 4.62. The van der Waals surface area contributed by atoms with Crippen LogP contribution in [-0.2, 0) is 4.74 Å². The summed E-state index contributed by atoms with van der Waals surface area (Å²) in [6, 6.07) is 0. The van der Waals surface area contributed by atoms with Crippen molar-refractivity contribution in [1.82, 2.24) is 0 Å². The number of rotatable bonds is 3. The number of methoxy groups -OCH3 is 1. The monoisotopic (exact) mass is 170 g/mol. The fourth-order valence-corrected chi connectivity index (χ4v) is 0.956. The molecule has 0 N–H and O–H groups in total. The van der Waals surface area contributed by atoms with Gasteiger partial charge in [0.1, 0.15) is 0 Å². The van der Waals surface area contributed by atoms with Crippen molar-refractivity contribution in [3.63, 3.8) is 0 Å². The highest BCUT2D eigenvalue weighted by Gasteiger charge is 2.10. The predicted molar refractivity (Wildman–Crippen MR) is 54.2 cm³/mol. The van der Waals surface area contributed by atoms with E-state index in [1.54, 1.807) is 7.11 Å². The second-order valence-electron chi connectivity index (χ2n) is 4.67. The molecular weight excluding hydrogens is 148 g/mol. The molecule has 0 aliphatic carbocycles. The van der Waals surface area contributed by atoms with Crippen LogP contribution in [0.1, 0.15) is 34.6 Å². The first-order valence-electron chi connectivity index (χ1n) is 4.59. The molecule has 0 aliphatic heterocycles. The number of hydrogen-bond acceptors (Lipinski definition) is 1. The molecule has 0 aromatic heterocycles. The lowest BCUT2D eigenvalue weighted by Gasteiger charge is -2.18. The van der Waals surface area contributed by atoms with Gasteiger partial charge < -0.3 is 4.74 Å². The van der Waals surface area contributed by atoms with Gasteiger partial charge >= 0.3 is 0 Å². The van der Waals surface area contributed by atoms with Crippen molar-refractivity contribution in [3.05, 3.63) is 12.2 Å². The molecule has 0 amide bonds. The Balaban J connectivity index is 4.11. The van der Waals surface area contributed by atoms with Crippen molar-refractivity contribution in [2.45, 2.75) is 40.7 Å². The third kappa shape index (κ3) is 5.36. The summed E-state index contributed by atoms with van der Waals surface area (Å²) in [5.74, 6) is 0.550. The van der Waals surface area contributed by atoms with E-state index in [0.717, 1.165) is 0 Å². The zero-order chi connectivity index (χ0) is 9.78. The number of allylic oxidation sites excluding steroid dienone is 1. The van der Waals surface area contributed by atoms with E-state index < -0.39 is 0 Å². The van der Waals surface area contributed by atoms with E-state index in [1.165, 1.54) is 0 Å². The van der Waals surface area contributed by atoms with Crippen molar-refractivity contribution < 1.29 is 4.74 Å². The molecule has 0 saturated carbocycles. The van der Waals surface area contributed by atoms with E-state index in [2.05, 4.69) is 46.8 Å². The normalized spacial score (nSPS) is 15.9. The maximum atomic E-state index is 5.32. The Morgan fingerprint density at radius 3 is 1.92 bits per heavy atom. The lowest BCUT2D eigenvalue weighted by molar-refractivity contribution is 0.103. The van der Waals surface area contributed by atoms with Gasteiger partial charge in [0.05, 0.1) is 6.10 Å². The predicted octanol–water partition coefficient (Wildman–Crippen LogP) is 3.26. The van der Waals surface area contributed by atoms with Crippen LogP contribution in [-0.4, -0.2) is 13.2 Å². The molecule has 0 bridgehead atoms. The first-order valence-corrected chi connectivity index (χ1v) is 4.59. The largest absolute Gasteiger partial charge is 0.377 e. The molecule has 72 valence electrons. The Bertz CT molecular complexity index is 140. The summed E-state index contributed by atoms with van der Waals surface area (Å²) >= 11 is 0. The summed E-state index contributed by atoms with van der Waals surface area (Å²) in [5, 5.41) is 0. The third-order valence-corrected chi connectivity index (χ3v) is 1.72. The molecule has 0 radical (unpaired) electrons. The second kappa shape index (κ2) is 4.66. The quantitative estimate of drug-likeness (QED) is 0.591. The molecule has 1 atom stereocenters. The Kier molecular flexibility index (Phi) is 4.54. The maximum Gasteiger partial charge on any atom is 0.0775 e. The van der Waals surface area contributed by atoms with E-state index in [1.807, 2.05) is 0 Å². The average Bonchev–Trinajstić information content (AvgIpc) is 1.85. The minimum atomic E-state index is 0.254. The van der Waals surface area contributed by atoms with Gasteiger partial charge in [-0.25, -0.2) is 0 Å². The van der Waals surface area contributed by atoms with Gasteiger partial charge in [-0.3, -0.25) is 0 Å². The summed E-state index contributed by atoms with van der Waals surface area (Å²) in [6.45, 7) is 10.9. The minimum absolute atomic E-state index is 0.254. The molecule has 12 heavy (non-hydrogen) atoms. The van der Waals surface area contributed by atoms with E-state index in [0.29, 0.717) is 5.92 Å². The van der Waals surface area contributed by atoms with Gasteiger partial charge in [-0.1, -0.05) is 46.8 Å². The van der Waals surface area contributed by atoms with Gasteiger partial charge in [0, 0.05) is 7.11 Å². The molecule has 0 fully saturated rings. The lowest BCUT2D eigenvalue weighted by Crippen LogP contribution is -2.15. The van der Waals surface area contributed by atoms with Crippen molar-refractivity contribution in [3.8, 4) is 0 Å². The highest BCUT2D eigenvalue weighted by molar-refractivity contribution is 4.97. The average molecular weight is 170 g/mol. The first-order chi connectivity index (χ1) is 5.37. The topological polar surface area (TPSA) is 9.23 Å². The van der Waals surface area contributed by atoms with E-state index >= 15 is 0 Å². The number of hydrogen-bond donors (Lipinski definition) is 0. The van der Waals surface area contributed by atoms with E-state index in [-0.39, 0.29) is 11.5 Å². The summed E-state index contributed by atoms with van der Waals surface area (Å²) in [5.41, 5.74) is 0.256. The lowest BCUT2D eigenvalue weighted by atomic mass is 9.94. The van der Waals surface area contributed by atoms with E-state index in [9.17, 15) is 0 Å². The molecule has 0 aromatic carbocycles. The van der Waals surface area contributed by atoms with Crippen molar-refractivity contribution in [1.29, 1.82) is 0 Å². The molecule has 0 spiro atoms. The van der Waals surface area contributed by atoms with Gasteiger partial charge in [0.2, 0.25) is 0 Å². The van der Waals surface area contributed by atoms with Crippen molar-refractivity contribution in [2.75, 3.05) is 7.11 Å². The molecule has 0 aliphatic rings. The maximum absolute atomic E-state index is 5.32. The molecule has 0 rings (SSSR count). The molecule has 0 saturated heterocycles. The summed E-state index contributed by atoms with van der Waals surface area (Å²) in [4.78, 5) is 0. The van der Waals surface area contributed by atoms with Gasteiger partial charge in [0.15, 0.2) is 0 Å².